The summed E-state index contributed by atoms with van der Waals surface area (Å²) in [5.41, 5.74) is 0.00178. The minimum atomic E-state index is -0.555. The topological polar surface area (TPSA) is 96.7 Å². The number of nitrogens with zero attached hydrogens (tertiary/aromatic N) is 3. The van der Waals surface area contributed by atoms with Crippen LogP contribution in [-0.4, -0.2) is 65.5 Å². The summed E-state index contributed by atoms with van der Waals surface area (Å²) in [5, 5.41) is 20.8. The molecule has 110 valence electrons. The summed E-state index contributed by atoms with van der Waals surface area (Å²) >= 11 is 0. The largest absolute Gasteiger partial charge is 0.392 e. The lowest BCUT2D eigenvalue weighted by Gasteiger charge is -2.34. The van der Waals surface area contributed by atoms with Gasteiger partial charge in [0.2, 0.25) is 5.91 Å². The minimum Gasteiger partial charge on any atom is -0.392 e. The SMILES string of the molecule is CC(=O)N1CCN(C(=O)/C(C#N)=C\NCC(C)O)CC1. The van der Waals surface area contributed by atoms with Gasteiger partial charge in [-0.2, -0.15) is 5.26 Å². The zero-order valence-corrected chi connectivity index (χ0v) is 11.8. The lowest BCUT2D eigenvalue weighted by atomic mass is 10.2. The van der Waals surface area contributed by atoms with E-state index in [1.54, 1.807) is 16.7 Å². The second-order valence-corrected chi connectivity index (χ2v) is 4.73. The van der Waals surface area contributed by atoms with Crippen LogP contribution < -0.4 is 5.32 Å². The van der Waals surface area contributed by atoms with E-state index in [-0.39, 0.29) is 23.9 Å². The standard InChI is InChI=1S/C13H20N4O3/c1-10(18)8-15-9-12(7-14)13(20)17-5-3-16(4-6-17)11(2)19/h9-10,15,18H,3-6,8H2,1-2H3/b12-9-. The fraction of sp³-hybridized carbons (Fsp3) is 0.615. The summed E-state index contributed by atoms with van der Waals surface area (Å²) < 4.78 is 0. The average molecular weight is 280 g/mol. The van der Waals surface area contributed by atoms with E-state index in [1.165, 1.54) is 13.1 Å². The van der Waals surface area contributed by atoms with E-state index in [2.05, 4.69) is 5.32 Å². The van der Waals surface area contributed by atoms with Gasteiger partial charge in [0.1, 0.15) is 11.6 Å². The van der Waals surface area contributed by atoms with Gasteiger partial charge in [-0.1, -0.05) is 0 Å². The Bertz CT molecular complexity index is 431. The van der Waals surface area contributed by atoms with Gasteiger partial charge in [-0.05, 0) is 6.92 Å². The number of carbonyl (C=O) groups is 2. The zero-order valence-electron chi connectivity index (χ0n) is 11.8. The Morgan fingerprint density at radius 2 is 1.90 bits per heavy atom. The number of hydrogen-bond donors (Lipinski definition) is 2. The van der Waals surface area contributed by atoms with Crippen molar-refractivity contribution in [3.8, 4) is 6.07 Å². The van der Waals surface area contributed by atoms with Crippen LogP contribution in [0.25, 0.3) is 0 Å². The summed E-state index contributed by atoms with van der Waals surface area (Å²) in [7, 11) is 0. The van der Waals surface area contributed by atoms with Crippen molar-refractivity contribution in [3.63, 3.8) is 0 Å². The first-order chi connectivity index (χ1) is 9.45. The Kier molecular flexibility index (Phi) is 6.00. The molecule has 0 aromatic heterocycles. The Morgan fingerprint density at radius 3 is 2.35 bits per heavy atom. The highest BCUT2D eigenvalue weighted by molar-refractivity contribution is 5.97. The molecule has 0 radical (unpaired) electrons. The van der Waals surface area contributed by atoms with Gasteiger partial charge < -0.3 is 20.2 Å². The van der Waals surface area contributed by atoms with Crippen molar-refractivity contribution >= 4 is 11.8 Å². The summed E-state index contributed by atoms with van der Waals surface area (Å²) in [6.45, 7) is 5.20. The number of piperazine rings is 1. The number of aliphatic hydroxyl groups excluding tert-OH is 1. The summed E-state index contributed by atoms with van der Waals surface area (Å²) in [5.74, 6) is -0.361. The number of amides is 2. The van der Waals surface area contributed by atoms with E-state index < -0.39 is 6.10 Å². The number of carbonyl (C=O) groups excluding carboxylic acids is 2. The molecule has 7 heteroatoms. The Morgan fingerprint density at radius 1 is 1.35 bits per heavy atom. The van der Waals surface area contributed by atoms with Crippen LogP contribution in [0.2, 0.25) is 0 Å². The molecular weight excluding hydrogens is 260 g/mol. The number of rotatable bonds is 4. The number of nitrogens with one attached hydrogen (secondary N) is 1. The van der Waals surface area contributed by atoms with Gasteiger partial charge in [-0.3, -0.25) is 9.59 Å². The van der Waals surface area contributed by atoms with Crippen molar-refractivity contribution in [1.29, 1.82) is 5.26 Å². The van der Waals surface area contributed by atoms with Crippen molar-refractivity contribution in [2.45, 2.75) is 20.0 Å². The molecule has 1 heterocycles. The molecule has 2 amide bonds. The molecule has 1 saturated heterocycles. The smallest absolute Gasteiger partial charge is 0.266 e. The molecule has 1 aliphatic rings. The molecule has 0 aromatic rings. The average Bonchev–Trinajstić information content (AvgIpc) is 2.42. The van der Waals surface area contributed by atoms with Crippen LogP contribution in [0, 0.1) is 11.3 Å². The Balaban J connectivity index is 2.56. The highest BCUT2D eigenvalue weighted by Gasteiger charge is 2.24. The summed E-state index contributed by atoms with van der Waals surface area (Å²) in [6.07, 6.45) is 0.771. The molecule has 0 spiro atoms. The highest BCUT2D eigenvalue weighted by atomic mass is 16.3. The van der Waals surface area contributed by atoms with Crippen LogP contribution in [0.3, 0.4) is 0 Å². The third-order valence-electron chi connectivity index (χ3n) is 3.02. The van der Waals surface area contributed by atoms with Crippen LogP contribution in [0.1, 0.15) is 13.8 Å². The van der Waals surface area contributed by atoms with Gasteiger partial charge in [0, 0.05) is 45.8 Å². The minimum absolute atomic E-state index is 0.00178. The molecule has 1 unspecified atom stereocenters. The first kappa shape index (κ1) is 16.0. The van der Waals surface area contributed by atoms with E-state index >= 15 is 0 Å². The van der Waals surface area contributed by atoms with Gasteiger partial charge in [0.25, 0.3) is 5.91 Å². The van der Waals surface area contributed by atoms with E-state index in [0.29, 0.717) is 26.2 Å². The van der Waals surface area contributed by atoms with Gasteiger partial charge in [0.05, 0.1) is 6.10 Å². The summed E-state index contributed by atoms with van der Waals surface area (Å²) in [6, 6.07) is 1.85. The van der Waals surface area contributed by atoms with Crippen molar-refractivity contribution in [2.75, 3.05) is 32.7 Å². The zero-order chi connectivity index (χ0) is 15.1. The molecule has 0 bridgehead atoms. The summed E-state index contributed by atoms with van der Waals surface area (Å²) in [4.78, 5) is 26.5. The van der Waals surface area contributed by atoms with Crippen molar-refractivity contribution < 1.29 is 14.7 Å². The molecule has 20 heavy (non-hydrogen) atoms. The van der Waals surface area contributed by atoms with E-state index in [0.717, 1.165) is 0 Å². The van der Waals surface area contributed by atoms with Crippen molar-refractivity contribution in [2.24, 2.45) is 0 Å². The Hall–Kier alpha value is -2.07. The molecular formula is C13H20N4O3. The maximum atomic E-state index is 12.1. The Labute approximate surface area is 118 Å². The maximum Gasteiger partial charge on any atom is 0.266 e. The molecule has 0 saturated carbocycles. The van der Waals surface area contributed by atoms with Gasteiger partial charge in [-0.25, -0.2) is 0 Å². The van der Waals surface area contributed by atoms with E-state index in [1.807, 2.05) is 6.07 Å². The fourth-order valence-electron chi connectivity index (χ4n) is 1.87. The predicted molar refractivity (Wildman–Crippen MR) is 72.2 cm³/mol. The first-order valence-electron chi connectivity index (χ1n) is 6.52. The van der Waals surface area contributed by atoms with Crippen LogP contribution in [-0.2, 0) is 9.59 Å². The number of hydrogen-bond acceptors (Lipinski definition) is 5. The van der Waals surface area contributed by atoms with Crippen LogP contribution in [0.15, 0.2) is 11.8 Å². The van der Waals surface area contributed by atoms with Crippen LogP contribution >= 0.6 is 0 Å². The number of nitriles is 1. The lowest BCUT2D eigenvalue weighted by Crippen LogP contribution is -2.50. The lowest BCUT2D eigenvalue weighted by molar-refractivity contribution is -0.136. The van der Waals surface area contributed by atoms with E-state index in [9.17, 15) is 9.59 Å². The molecule has 7 nitrogen and oxygen atoms in total. The molecule has 0 aromatic carbocycles. The molecule has 1 fully saturated rings. The van der Waals surface area contributed by atoms with Crippen LogP contribution in [0.5, 0.6) is 0 Å². The monoisotopic (exact) mass is 280 g/mol. The third-order valence-corrected chi connectivity index (χ3v) is 3.02. The second-order valence-electron chi connectivity index (χ2n) is 4.73. The quantitative estimate of drug-likeness (QED) is 0.511. The fourth-order valence-corrected chi connectivity index (χ4v) is 1.87. The molecule has 1 atom stereocenters. The first-order valence-corrected chi connectivity index (χ1v) is 6.52. The molecule has 1 aliphatic heterocycles. The number of aliphatic hydroxyl groups is 1. The van der Waals surface area contributed by atoms with Gasteiger partial charge in [0.15, 0.2) is 0 Å². The third kappa shape index (κ3) is 4.55. The van der Waals surface area contributed by atoms with Gasteiger partial charge >= 0.3 is 0 Å². The highest BCUT2D eigenvalue weighted by Crippen LogP contribution is 2.06. The normalized spacial score (nSPS) is 17.4. The van der Waals surface area contributed by atoms with Crippen molar-refractivity contribution in [1.82, 2.24) is 15.1 Å². The van der Waals surface area contributed by atoms with Crippen LogP contribution in [0.4, 0.5) is 0 Å². The molecule has 1 rings (SSSR count). The van der Waals surface area contributed by atoms with E-state index in [4.69, 9.17) is 10.4 Å². The van der Waals surface area contributed by atoms with Crippen molar-refractivity contribution in [3.05, 3.63) is 11.8 Å². The second kappa shape index (κ2) is 7.50. The van der Waals surface area contributed by atoms with Gasteiger partial charge in [-0.15, -0.1) is 0 Å². The molecule has 0 aliphatic carbocycles. The predicted octanol–water partition coefficient (Wildman–Crippen LogP) is -0.945. The molecule has 2 N–H and O–H groups in total. The maximum absolute atomic E-state index is 12.1.